The predicted molar refractivity (Wildman–Crippen MR) is 83.1 cm³/mol. The van der Waals surface area contributed by atoms with Gasteiger partial charge in [0.25, 0.3) is 0 Å². The van der Waals surface area contributed by atoms with Gasteiger partial charge in [0.05, 0.1) is 6.10 Å². The van der Waals surface area contributed by atoms with Crippen LogP contribution >= 0.6 is 0 Å². The molecular weight excluding hydrogens is 280 g/mol. The third kappa shape index (κ3) is 3.29. The van der Waals surface area contributed by atoms with Gasteiger partial charge in [0.1, 0.15) is 0 Å². The van der Waals surface area contributed by atoms with E-state index in [4.69, 9.17) is 0 Å². The fourth-order valence-corrected chi connectivity index (χ4v) is 4.28. The molecule has 5 heteroatoms. The average molecular weight is 308 g/mol. The molecule has 5 nitrogen and oxygen atoms in total. The first-order chi connectivity index (χ1) is 10.7. The van der Waals surface area contributed by atoms with E-state index >= 15 is 0 Å². The molecule has 22 heavy (non-hydrogen) atoms. The SMILES string of the molecule is O=C([C@H]1CCCC[C@H]1C(=O)N1CCCC1)N1CCC[C@H](O)C1. The van der Waals surface area contributed by atoms with Crippen LogP contribution in [0.4, 0.5) is 0 Å². The van der Waals surface area contributed by atoms with E-state index in [-0.39, 0.29) is 23.7 Å². The summed E-state index contributed by atoms with van der Waals surface area (Å²) in [5, 5.41) is 9.81. The zero-order valence-corrected chi connectivity index (χ0v) is 13.4. The van der Waals surface area contributed by atoms with Crippen molar-refractivity contribution in [2.75, 3.05) is 26.2 Å². The van der Waals surface area contributed by atoms with Crippen molar-refractivity contribution in [3.05, 3.63) is 0 Å². The van der Waals surface area contributed by atoms with E-state index < -0.39 is 6.10 Å². The van der Waals surface area contributed by atoms with Crippen molar-refractivity contribution < 1.29 is 14.7 Å². The second-order valence-electron chi connectivity index (χ2n) is 7.11. The Kier molecular flexibility index (Phi) is 5.01. The van der Waals surface area contributed by atoms with Crippen LogP contribution in [-0.4, -0.2) is 59.0 Å². The number of nitrogens with zero attached hydrogens (tertiary/aromatic N) is 2. The summed E-state index contributed by atoms with van der Waals surface area (Å²) >= 11 is 0. The Morgan fingerprint density at radius 1 is 0.727 bits per heavy atom. The zero-order chi connectivity index (χ0) is 15.5. The van der Waals surface area contributed by atoms with Crippen molar-refractivity contribution in [1.82, 2.24) is 9.80 Å². The molecular formula is C17H28N2O3. The molecule has 3 aliphatic rings. The van der Waals surface area contributed by atoms with Crippen LogP contribution in [0.3, 0.4) is 0 Å². The fraction of sp³-hybridized carbons (Fsp3) is 0.882. The molecule has 124 valence electrons. The van der Waals surface area contributed by atoms with Gasteiger partial charge >= 0.3 is 0 Å². The number of likely N-dealkylation sites (tertiary alicyclic amines) is 2. The lowest BCUT2D eigenvalue weighted by molar-refractivity contribution is -0.149. The lowest BCUT2D eigenvalue weighted by Gasteiger charge is -2.38. The molecule has 2 amide bonds. The summed E-state index contributed by atoms with van der Waals surface area (Å²) in [6, 6.07) is 0. The van der Waals surface area contributed by atoms with Crippen LogP contribution in [-0.2, 0) is 9.59 Å². The van der Waals surface area contributed by atoms with Crippen molar-refractivity contribution in [3.63, 3.8) is 0 Å². The molecule has 3 atom stereocenters. The maximum absolute atomic E-state index is 12.9. The normalized spacial score (nSPS) is 33.0. The highest BCUT2D eigenvalue weighted by molar-refractivity contribution is 5.88. The summed E-state index contributed by atoms with van der Waals surface area (Å²) in [7, 11) is 0. The average Bonchev–Trinajstić information content (AvgIpc) is 3.08. The first-order valence-corrected chi connectivity index (χ1v) is 8.92. The predicted octanol–water partition coefficient (Wildman–Crippen LogP) is 1.40. The number of piperidine rings is 1. The molecule has 0 aromatic heterocycles. The number of β-amino-alcohol motifs (C(OH)–C–C–N with tert-alkyl or cyclic N) is 1. The summed E-state index contributed by atoms with van der Waals surface area (Å²) in [5.41, 5.74) is 0. The van der Waals surface area contributed by atoms with E-state index in [9.17, 15) is 14.7 Å². The molecule has 2 aliphatic heterocycles. The number of rotatable bonds is 2. The van der Waals surface area contributed by atoms with E-state index in [1.165, 1.54) is 0 Å². The lowest BCUT2D eigenvalue weighted by atomic mass is 9.77. The molecule has 0 bridgehead atoms. The van der Waals surface area contributed by atoms with Gasteiger partial charge in [0.2, 0.25) is 11.8 Å². The summed E-state index contributed by atoms with van der Waals surface area (Å²) in [6.07, 6.45) is 7.21. The van der Waals surface area contributed by atoms with Gasteiger partial charge in [-0.2, -0.15) is 0 Å². The minimum Gasteiger partial charge on any atom is -0.391 e. The molecule has 1 aliphatic carbocycles. The number of amides is 2. The quantitative estimate of drug-likeness (QED) is 0.839. The molecule has 1 saturated carbocycles. The molecule has 2 heterocycles. The Morgan fingerprint density at radius 2 is 1.27 bits per heavy atom. The van der Waals surface area contributed by atoms with Crippen LogP contribution in [0, 0.1) is 11.8 Å². The highest BCUT2D eigenvalue weighted by atomic mass is 16.3. The topological polar surface area (TPSA) is 60.9 Å². The number of aliphatic hydroxyl groups is 1. The summed E-state index contributed by atoms with van der Waals surface area (Å²) < 4.78 is 0. The Labute approximate surface area is 132 Å². The summed E-state index contributed by atoms with van der Waals surface area (Å²) in [6.45, 7) is 2.90. The standard InChI is InChI=1S/C17H28N2O3/c20-13-6-5-11-19(12-13)17(22)15-8-2-1-7-14(15)16(21)18-9-3-4-10-18/h13-15,20H,1-12H2/t13-,14+,15-/m0/s1. The smallest absolute Gasteiger partial charge is 0.226 e. The Morgan fingerprint density at radius 3 is 1.86 bits per heavy atom. The molecule has 2 saturated heterocycles. The maximum Gasteiger partial charge on any atom is 0.226 e. The van der Waals surface area contributed by atoms with Gasteiger partial charge in [0.15, 0.2) is 0 Å². The minimum absolute atomic E-state index is 0.107. The van der Waals surface area contributed by atoms with Crippen molar-refractivity contribution in [3.8, 4) is 0 Å². The second kappa shape index (κ2) is 6.99. The van der Waals surface area contributed by atoms with Crippen LogP contribution in [0.25, 0.3) is 0 Å². The van der Waals surface area contributed by atoms with E-state index in [1.54, 1.807) is 4.90 Å². The first kappa shape index (κ1) is 15.8. The van der Waals surface area contributed by atoms with Gasteiger partial charge in [-0.05, 0) is 38.5 Å². The van der Waals surface area contributed by atoms with E-state index in [2.05, 4.69) is 0 Å². The van der Waals surface area contributed by atoms with Crippen molar-refractivity contribution in [2.45, 2.75) is 57.5 Å². The maximum atomic E-state index is 12.9. The lowest BCUT2D eigenvalue weighted by Crippen LogP contribution is -2.49. The molecule has 3 rings (SSSR count). The highest BCUT2D eigenvalue weighted by Crippen LogP contribution is 2.34. The van der Waals surface area contributed by atoms with E-state index in [0.717, 1.165) is 71.0 Å². The molecule has 0 aromatic carbocycles. The van der Waals surface area contributed by atoms with Crippen molar-refractivity contribution >= 4 is 11.8 Å². The van der Waals surface area contributed by atoms with Gasteiger partial charge in [-0.3, -0.25) is 9.59 Å². The Hall–Kier alpha value is -1.10. The third-order valence-corrected chi connectivity index (χ3v) is 5.53. The third-order valence-electron chi connectivity index (χ3n) is 5.53. The Bertz CT molecular complexity index is 420. The second-order valence-corrected chi connectivity index (χ2v) is 7.11. The molecule has 0 aromatic rings. The largest absolute Gasteiger partial charge is 0.391 e. The van der Waals surface area contributed by atoms with Crippen molar-refractivity contribution in [2.24, 2.45) is 11.8 Å². The van der Waals surface area contributed by atoms with Crippen LogP contribution in [0.1, 0.15) is 51.4 Å². The van der Waals surface area contributed by atoms with Gasteiger partial charge in [0, 0.05) is 38.0 Å². The summed E-state index contributed by atoms with van der Waals surface area (Å²) in [4.78, 5) is 29.4. The Balaban J connectivity index is 1.68. The van der Waals surface area contributed by atoms with Crippen LogP contribution in [0.5, 0.6) is 0 Å². The zero-order valence-electron chi connectivity index (χ0n) is 13.4. The number of hydrogen-bond donors (Lipinski definition) is 1. The molecule has 0 spiro atoms. The van der Waals surface area contributed by atoms with Gasteiger partial charge in [-0.25, -0.2) is 0 Å². The molecule has 1 N–H and O–H groups in total. The number of carbonyl (C=O) groups excluding carboxylic acids is 2. The molecule has 3 fully saturated rings. The van der Waals surface area contributed by atoms with Gasteiger partial charge < -0.3 is 14.9 Å². The number of hydrogen-bond acceptors (Lipinski definition) is 3. The van der Waals surface area contributed by atoms with Gasteiger partial charge in [-0.1, -0.05) is 12.8 Å². The highest BCUT2D eigenvalue weighted by Gasteiger charge is 2.40. The molecule has 0 unspecified atom stereocenters. The van der Waals surface area contributed by atoms with E-state index in [0.29, 0.717) is 6.54 Å². The summed E-state index contributed by atoms with van der Waals surface area (Å²) in [5.74, 6) is 0.0228. The van der Waals surface area contributed by atoms with Crippen LogP contribution < -0.4 is 0 Å². The monoisotopic (exact) mass is 308 g/mol. The van der Waals surface area contributed by atoms with Crippen molar-refractivity contribution in [1.29, 1.82) is 0 Å². The number of aliphatic hydroxyl groups excluding tert-OH is 1. The van der Waals surface area contributed by atoms with Crippen LogP contribution in [0.15, 0.2) is 0 Å². The molecule has 0 radical (unpaired) electrons. The number of carbonyl (C=O) groups is 2. The first-order valence-electron chi connectivity index (χ1n) is 8.92. The van der Waals surface area contributed by atoms with Crippen LogP contribution in [0.2, 0.25) is 0 Å². The van der Waals surface area contributed by atoms with Gasteiger partial charge in [-0.15, -0.1) is 0 Å². The minimum atomic E-state index is -0.394. The van der Waals surface area contributed by atoms with E-state index in [1.807, 2.05) is 4.90 Å². The fourth-order valence-electron chi connectivity index (χ4n) is 4.28.